The van der Waals surface area contributed by atoms with Gasteiger partial charge in [-0.3, -0.25) is 9.59 Å². The molecule has 19 heavy (non-hydrogen) atoms. The number of ether oxygens (including phenoxy) is 2. The highest BCUT2D eigenvalue weighted by Gasteiger charge is 2.11. The van der Waals surface area contributed by atoms with Crippen LogP contribution in [0.3, 0.4) is 0 Å². The first-order chi connectivity index (χ1) is 9.17. The van der Waals surface area contributed by atoms with Crippen molar-refractivity contribution in [1.29, 1.82) is 0 Å². The van der Waals surface area contributed by atoms with Crippen LogP contribution in [0.15, 0.2) is 24.3 Å². The highest BCUT2D eigenvalue weighted by atomic mass is 16.5. The predicted molar refractivity (Wildman–Crippen MR) is 72.4 cm³/mol. The predicted octanol–water partition coefficient (Wildman–Crippen LogP) is 3.00. The Kier molecular flexibility index (Phi) is 6.64. The van der Waals surface area contributed by atoms with Gasteiger partial charge in [-0.2, -0.15) is 0 Å². The minimum absolute atomic E-state index is 0.229. The van der Waals surface area contributed by atoms with E-state index in [9.17, 15) is 9.59 Å². The van der Waals surface area contributed by atoms with Gasteiger partial charge in [0.05, 0.1) is 13.7 Å². The van der Waals surface area contributed by atoms with Crippen molar-refractivity contribution in [3.05, 3.63) is 29.8 Å². The fraction of sp³-hybridized carbons (Fsp3) is 0.467. The van der Waals surface area contributed by atoms with Crippen LogP contribution in [0.2, 0.25) is 0 Å². The monoisotopic (exact) mass is 264 g/mol. The third-order valence-electron chi connectivity index (χ3n) is 2.73. The smallest absolute Gasteiger partial charge is 0.313 e. The zero-order valence-electron chi connectivity index (χ0n) is 11.5. The fourth-order valence-corrected chi connectivity index (χ4v) is 1.58. The molecule has 0 aliphatic heterocycles. The van der Waals surface area contributed by atoms with Crippen molar-refractivity contribution < 1.29 is 19.1 Å². The molecule has 0 saturated carbocycles. The molecule has 0 atom stereocenters. The summed E-state index contributed by atoms with van der Waals surface area (Å²) in [6.45, 7) is 2.82. The number of carbonyl (C=O) groups excluding carboxylic acids is 2. The van der Waals surface area contributed by atoms with Crippen LogP contribution in [0, 0.1) is 0 Å². The molecule has 0 spiro atoms. The van der Waals surface area contributed by atoms with Crippen LogP contribution < -0.4 is 4.74 Å². The van der Waals surface area contributed by atoms with Crippen LogP contribution in [-0.2, 0) is 9.53 Å². The molecule has 4 heteroatoms. The van der Waals surface area contributed by atoms with Crippen molar-refractivity contribution >= 4 is 11.8 Å². The minimum atomic E-state index is -0.523. The molecule has 0 aliphatic carbocycles. The molecule has 0 radical (unpaired) electrons. The summed E-state index contributed by atoms with van der Waals surface area (Å²) in [5.41, 5.74) is 0.492. The molecule has 0 fully saturated rings. The van der Waals surface area contributed by atoms with E-state index in [4.69, 9.17) is 4.74 Å². The molecule has 1 rings (SSSR count). The molecule has 0 unspecified atom stereocenters. The van der Waals surface area contributed by atoms with Gasteiger partial charge >= 0.3 is 5.97 Å². The van der Waals surface area contributed by atoms with E-state index < -0.39 is 5.97 Å². The number of rotatable bonds is 8. The average molecular weight is 264 g/mol. The molecule has 0 aromatic heterocycles. The van der Waals surface area contributed by atoms with Crippen molar-refractivity contribution in [2.75, 3.05) is 13.7 Å². The highest BCUT2D eigenvalue weighted by Crippen LogP contribution is 2.14. The molecule has 0 heterocycles. The van der Waals surface area contributed by atoms with Gasteiger partial charge in [0.25, 0.3) is 0 Å². The van der Waals surface area contributed by atoms with Gasteiger partial charge in [-0.25, -0.2) is 0 Å². The maximum absolute atomic E-state index is 11.7. The molecule has 0 amide bonds. The summed E-state index contributed by atoms with van der Waals surface area (Å²) in [6.07, 6.45) is 3.10. The average Bonchev–Trinajstić information content (AvgIpc) is 2.44. The zero-order valence-corrected chi connectivity index (χ0v) is 11.5. The maximum Gasteiger partial charge on any atom is 0.313 e. The second-order valence-electron chi connectivity index (χ2n) is 4.26. The van der Waals surface area contributed by atoms with Gasteiger partial charge in [-0.15, -0.1) is 0 Å². The molecule has 0 bridgehead atoms. The lowest BCUT2D eigenvalue weighted by atomic mass is 10.1. The van der Waals surface area contributed by atoms with E-state index in [2.05, 4.69) is 11.7 Å². The fourth-order valence-electron chi connectivity index (χ4n) is 1.58. The van der Waals surface area contributed by atoms with Crippen molar-refractivity contribution in [2.24, 2.45) is 0 Å². The van der Waals surface area contributed by atoms with Gasteiger partial charge in [0.2, 0.25) is 0 Å². The van der Waals surface area contributed by atoms with Crippen LogP contribution in [0.1, 0.15) is 43.0 Å². The summed E-state index contributed by atoms with van der Waals surface area (Å²) in [5, 5.41) is 0. The molecule has 0 aliphatic rings. The Labute approximate surface area is 113 Å². The molecular formula is C15H20O4. The summed E-state index contributed by atoms with van der Waals surface area (Å²) in [5.74, 6) is -0.0278. The van der Waals surface area contributed by atoms with Gasteiger partial charge in [0, 0.05) is 5.56 Å². The first kappa shape index (κ1) is 15.2. The van der Waals surface area contributed by atoms with E-state index >= 15 is 0 Å². The maximum atomic E-state index is 11.7. The third kappa shape index (κ3) is 5.55. The number of hydrogen-bond acceptors (Lipinski definition) is 4. The number of hydrogen-bond donors (Lipinski definition) is 0. The molecule has 0 N–H and O–H groups in total. The number of benzene rings is 1. The summed E-state index contributed by atoms with van der Waals surface area (Å²) in [4.78, 5) is 22.7. The topological polar surface area (TPSA) is 52.6 Å². The van der Waals surface area contributed by atoms with Crippen LogP contribution in [0.5, 0.6) is 5.75 Å². The summed E-state index contributed by atoms with van der Waals surface area (Å²) in [7, 11) is 1.27. The lowest BCUT2D eigenvalue weighted by molar-refractivity contribution is -0.139. The quantitative estimate of drug-likeness (QED) is 0.313. The number of methoxy groups -OCH3 is 1. The summed E-state index contributed by atoms with van der Waals surface area (Å²) in [6, 6.07) is 6.83. The molecule has 104 valence electrons. The Morgan fingerprint density at radius 3 is 2.37 bits per heavy atom. The third-order valence-corrected chi connectivity index (χ3v) is 2.73. The van der Waals surface area contributed by atoms with E-state index in [1.54, 1.807) is 24.3 Å². The minimum Gasteiger partial charge on any atom is -0.494 e. The normalized spacial score (nSPS) is 10.0. The number of carbonyl (C=O) groups is 2. The van der Waals surface area contributed by atoms with Gasteiger partial charge in [-0.1, -0.05) is 19.8 Å². The van der Waals surface area contributed by atoms with Gasteiger partial charge in [0.15, 0.2) is 5.78 Å². The standard InChI is InChI=1S/C15H20O4/c1-3-4-5-10-19-13-8-6-12(7-9-13)14(16)11-15(17)18-2/h6-9H,3-5,10-11H2,1-2H3. The summed E-state index contributed by atoms with van der Waals surface area (Å²) >= 11 is 0. The number of unbranched alkanes of at least 4 members (excludes halogenated alkanes) is 2. The molecular weight excluding hydrogens is 244 g/mol. The highest BCUT2D eigenvalue weighted by molar-refractivity contribution is 6.05. The summed E-state index contributed by atoms with van der Waals surface area (Å²) < 4.78 is 10.00. The number of Topliss-reactive ketones (excluding diaryl/α,β-unsaturated/α-hetero) is 1. The van der Waals surface area contributed by atoms with Crippen LogP contribution in [0.4, 0.5) is 0 Å². The van der Waals surface area contributed by atoms with Gasteiger partial charge in [-0.05, 0) is 30.7 Å². The van der Waals surface area contributed by atoms with E-state index in [1.165, 1.54) is 7.11 Å². The van der Waals surface area contributed by atoms with Crippen LogP contribution in [-0.4, -0.2) is 25.5 Å². The lowest BCUT2D eigenvalue weighted by Gasteiger charge is -2.06. The Morgan fingerprint density at radius 2 is 1.79 bits per heavy atom. The van der Waals surface area contributed by atoms with Crippen molar-refractivity contribution in [1.82, 2.24) is 0 Å². The van der Waals surface area contributed by atoms with Crippen molar-refractivity contribution in [2.45, 2.75) is 32.6 Å². The molecule has 1 aromatic carbocycles. The van der Waals surface area contributed by atoms with Gasteiger partial charge < -0.3 is 9.47 Å². The largest absolute Gasteiger partial charge is 0.494 e. The SMILES string of the molecule is CCCCCOc1ccc(C(=O)CC(=O)OC)cc1. The zero-order chi connectivity index (χ0) is 14.1. The Balaban J connectivity index is 2.46. The molecule has 0 saturated heterocycles. The first-order valence-electron chi connectivity index (χ1n) is 6.50. The second-order valence-corrected chi connectivity index (χ2v) is 4.26. The number of ketones is 1. The Morgan fingerprint density at radius 1 is 1.11 bits per heavy atom. The van der Waals surface area contributed by atoms with Crippen molar-refractivity contribution in [3.63, 3.8) is 0 Å². The number of esters is 1. The Hall–Kier alpha value is -1.84. The van der Waals surface area contributed by atoms with E-state index in [1.807, 2.05) is 0 Å². The molecule has 4 nitrogen and oxygen atoms in total. The van der Waals surface area contributed by atoms with E-state index in [0.29, 0.717) is 12.2 Å². The van der Waals surface area contributed by atoms with Gasteiger partial charge in [0.1, 0.15) is 12.2 Å². The second kappa shape index (κ2) is 8.29. The van der Waals surface area contributed by atoms with E-state index in [0.717, 1.165) is 25.0 Å². The van der Waals surface area contributed by atoms with Crippen LogP contribution >= 0.6 is 0 Å². The van der Waals surface area contributed by atoms with Crippen molar-refractivity contribution in [3.8, 4) is 5.75 Å². The first-order valence-corrected chi connectivity index (χ1v) is 6.50. The molecule has 1 aromatic rings. The Bertz CT molecular complexity index is 409. The van der Waals surface area contributed by atoms with Crippen LogP contribution in [0.25, 0.3) is 0 Å². The van der Waals surface area contributed by atoms with E-state index in [-0.39, 0.29) is 12.2 Å². The lowest BCUT2D eigenvalue weighted by Crippen LogP contribution is -2.09.